The maximum Gasteiger partial charge on any atom is 0.251 e. The number of likely N-dealkylation sites (N-methyl/N-ethyl adjacent to an activating group) is 1. The molecule has 0 aliphatic carbocycles. The van der Waals surface area contributed by atoms with Crippen LogP contribution in [0.3, 0.4) is 0 Å². The van der Waals surface area contributed by atoms with Crippen LogP contribution in [0.15, 0.2) is 47.1 Å². The van der Waals surface area contributed by atoms with Crippen LogP contribution < -0.4 is 5.32 Å². The number of furan rings is 1. The van der Waals surface area contributed by atoms with Crippen molar-refractivity contribution in [2.45, 2.75) is 18.6 Å². The van der Waals surface area contributed by atoms with E-state index in [9.17, 15) is 14.7 Å². The molecule has 1 aliphatic heterocycles. The number of likely N-dealkylation sites (tertiary alicyclic amines) is 1. The van der Waals surface area contributed by atoms with E-state index >= 15 is 0 Å². The lowest BCUT2D eigenvalue weighted by atomic mass is 10.0. The SMILES string of the molecule is CN(C)C(=O)CN1CC[C@@H](NC(=O)c2ccc(-c3ccco3)cc2)[C@H](O)C1. The lowest BCUT2D eigenvalue weighted by Crippen LogP contribution is -2.55. The summed E-state index contributed by atoms with van der Waals surface area (Å²) in [6.45, 7) is 1.29. The Hall–Kier alpha value is -2.64. The minimum atomic E-state index is -0.708. The van der Waals surface area contributed by atoms with Gasteiger partial charge in [0.2, 0.25) is 5.91 Å². The van der Waals surface area contributed by atoms with Crippen molar-refractivity contribution in [2.75, 3.05) is 33.7 Å². The number of aliphatic hydroxyl groups is 1. The van der Waals surface area contributed by atoms with E-state index in [2.05, 4.69) is 5.32 Å². The molecule has 0 radical (unpaired) electrons. The summed E-state index contributed by atoms with van der Waals surface area (Å²) < 4.78 is 5.34. The van der Waals surface area contributed by atoms with Crippen molar-refractivity contribution in [2.24, 2.45) is 0 Å². The van der Waals surface area contributed by atoms with Gasteiger partial charge in [-0.15, -0.1) is 0 Å². The van der Waals surface area contributed by atoms with Crippen molar-refractivity contribution in [1.29, 1.82) is 0 Å². The van der Waals surface area contributed by atoms with E-state index in [4.69, 9.17) is 4.42 Å². The number of hydrogen-bond acceptors (Lipinski definition) is 5. The summed E-state index contributed by atoms with van der Waals surface area (Å²) in [5, 5.41) is 13.3. The molecule has 1 aliphatic rings. The number of carbonyl (C=O) groups is 2. The fourth-order valence-electron chi connectivity index (χ4n) is 3.12. The van der Waals surface area contributed by atoms with Crippen molar-refractivity contribution in [3.8, 4) is 11.3 Å². The van der Waals surface area contributed by atoms with Gasteiger partial charge in [0.1, 0.15) is 5.76 Å². The van der Waals surface area contributed by atoms with Gasteiger partial charge in [-0.2, -0.15) is 0 Å². The Morgan fingerprint density at radius 3 is 2.59 bits per heavy atom. The molecule has 2 heterocycles. The van der Waals surface area contributed by atoms with E-state index in [1.54, 1.807) is 32.5 Å². The lowest BCUT2D eigenvalue weighted by Gasteiger charge is -2.36. The van der Waals surface area contributed by atoms with Crippen LogP contribution in [0.5, 0.6) is 0 Å². The highest BCUT2D eigenvalue weighted by Crippen LogP contribution is 2.20. The van der Waals surface area contributed by atoms with Crippen LogP contribution in [0, 0.1) is 0 Å². The normalized spacial score (nSPS) is 20.3. The minimum Gasteiger partial charge on any atom is -0.464 e. The van der Waals surface area contributed by atoms with Gasteiger partial charge in [-0.05, 0) is 30.7 Å². The fraction of sp³-hybridized carbons (Fsp3) is 0.400. The predicted molar refractivity (Wildman–Crippen MR) is 101 cm³/mol. The molecule has 1 saturated heterocycles. The third-order valence-corrected chi connectivity index (χ3v) is 4.79. The first-order valence-corrected chi connectivity index (χ1v) is 8.99. The molecule has 2 N–H and O–H groups in total. The third kappa shape index (κ3) is 4.75. The van der Waals surface area contributed by atoms with E-state index in [0.29, 0.717) is 25.1 Å². The van der Waals surface area contributed by atoms with Crippen molar-refractivity contribution in [3.63, 3.8) is 0 Å². The second-order valence-corrected chi connectivity index (χ2v) is 7.01. The molecule has 0 unspecified atom stereocenters. The standard InChI is InChI=1S/C20H25N3O4/c1-22(2)19(25)13-23-10-9-16(17(24)12-23)21-20(26)15-7-5-14(6-8-15)18-4-3-11-27-18/h3-8,11,16-17,24H,9-10,12-13H2,1-2H3,(H,21,26)/t16-,17-/m1/s1. The summed E-state index contributed by atoms with van der Waals surface area (Å²) in [6.07, 6.45) is 1.49. The van der Waals surface area contributed by atoms with E-state index in [1.165, 1.54) is 4.90 Å². The van der Waals surface area contributed by atoms with Gasteiger partial charge in [-0.25, -0.2) is 0 Å². The third-order valence-electron chi connectivity index (χ3n) is 4.79. The molecule has 1 fully saturated rings. The fourth-order valence-corrected chi connectivity index (χ4v) is 3.12. The van der Waals surface area contributed by atoms with Crippen molar-refractivity contribution < 1.29 is 19.1 Å². The molecule has 3 rings (SSSR count). The van der Waals surface area contributed by atoms with Crippen molar-refractivity contribution >= 4 is 11.8 Å². The van der Waals surface area contributed by atoms with Crippen molar-refractivity contribution in [3.05, 3.63) is 48.2 Å². The molecule has 2 amide bonds. The quantitative estimate of drug-likeness (QED) is 0.825. The maximum absolute atomic E-state index is 12.5. The van der Waals surface area contributed by atoms with Crippen molar-refractivity contribution in [1.82, 2.24) is 15.1 Å². The van der Waals surface area contributed by atoms with Gasteiger partial charge < -0.3 is 19.7 Å². The zero-order valence-corrected chi connectivity index (χ0v) is 15.6. The number of amides is 2. The number of hydrogen-bond donors (Lipinski definition) is 2. The number of piperidine rings is 1. The summed E-state index contributed by atoms with van der Waals surface area (Å²) in [6, 6.07) is 10.5. The minimum absolute atomic E-state index is 0.00123. The molecule has 2 aromatic rings. The molecule has 2 atom stereocenters. The van der Waals surface area contributed by atoms with Gasteiger partial charge in [-0.3, -0.25) is 14.5 Å². The summed E-state index contributed by atoms with van der Waals surface area (Å²) in [5.41, 5.74) is 1.43. The van der Waals surface area contributed by atoms with Gasteiger partial charge in [0.05, 0.1) is 25.0 Å². The second-order valence-electron chi connectivity index (χ2n) is 7.01. The molecule has 7 nitrogen and oxygen atoms in total. The lowest BCUT2D eigenvalue weighted by molar-refractivity contribution is -0.130. The van der Waals surface area contributed by atoms with Crippen LogP contribution in [0.25, 0.3) is 11.3 Å². The van der Waals surface area contributed by atoms with E-state index in [1.807, 2.05) is 29.2 Å². The van der Waals surface area contributed by atoms with Crippen LogP contribution in [0.1, 0.15) is 16.8 Å². The molecule has 0 bridgehead atoms. The highest BCUT2D eigenvalue weighted by molar-refractivity contribution is 5.94. The highest BCUT2D eigenvalue weighted by atomic mass is 16.3. The maximum atomic E-state index is 12.5. The summed E-state index contributed by atoms with van der Waals surface area (Å²) in [7, 11) is 3.42. The Morgan fingerprint density at radius 2 is 2.00 bits per heavy atom. The second kappa shape index (κ2) is 8.37. The van der Waals surface area contributed by atoms with Crippen LogP contribution in [-0.2, 0) is 4.79 Å². The monoisotopic (exact) mass is 371 g/mol. The van der Waals surface area contributed by atoms with E-state index < -0.39 is 6.10 Å². The molecule has 7 heteroatoms. The average molecular weight is 371 g/mol. The first-order valence-electron chi connectivity index (χ1n) is 8.99. The first-order chi connectivity index (χ1) is 12.9. The Bertz CT molecular complexity index is 771. The molecular weight excluding hydrogens is 346 g/mol. The van der Waals surface area contributed by atoms with E-state index in [0.717, 1.165) is 11.3 Å². The number of β-amino-alcohol motifs (C(OH)–C–C–N with tert-alkyl or cyclic N) is 1. The number of carbonyl (C=O) groups excluding carboxylic acids is 2. The molecule has 27 heavy (non-hydrogen) atoms. The number of benzene rings is 1. The number of aliphatic hydroxyl groups excluding tert-OH is 1. The zero-order valence-electron chi connectivity index (χ0n) is 15.6. The Labute approximate surface area is 158 Å². The van der Waals surface area contributed by atoms with E-state index in [-0.39, 0.29) is 24.4 Å². The molecular formula is C20H25N3O4. The largest absolute Gasteiger partial charge is 0.464 e. The summed E-state index contributed by atoms with van der Waals surface area (Å²) in [4.78, 5) is 27.7. The summed E-state index contributed by atoms with van der Waals surface area (Å²) in [5.74, 6) is 0.529. The van der Waals surface area contributed by atoms with Crippen LogP contribution in [0.2, 0.25) is 0 Å². The highest BCUT2D eigenvalue weighted by Gasteiger charge is 2.30. The van der Waals surface area contributed by atoms with Gasteiger partial charge in [-0.1, -0.05) is 12.1 Å². The zero-order chi connectivity index (χ0) is 19.4. The molecule has 0 spiro atoms. The molecule has 144 valence electrons. The molecule has 0 saturated carbocycles. The number of nitrogens with zero attached hydrogens (tertiary/aromatic N) is 2. The average Bonchev–Trinajstić information content (AvgIpc) is 3.18. The van der Waals surface area contributed by atoms with Gasteiger partial charge in [0.15, 0.2) is 0 Å². The Balaban J connectivity index is 1.54. The van der Waals surface area contributed by atoms with Gasteiger partial charge in [0, 0.05) is 38.3 Å². The van der Waals surface area contributed by atoms with Gasteiger partial charge >= 0.3 is 0 Å². The van der Waals surface area contributed by atoms with Crippen LogP contribution in [-0.4, -0.2) is 72.6 Å². The number of nitrogens with one attached hydrogen (secondary N) is 1. The van der Waals surface area contributed by atoms with Crippen LogP contribution in [0.4, 0.5) is 0 Å². The Kier molecular flexibility index (Phi) is 5.93. The molecule has 1 aromatic carbocycles. The smallest absolute Gasteiger partial charge is 0.251 e. The Morgan fingerprint density at radius 1 is 1.26 bits per heavy atom. The van der Waals surface area contributed by atoms with Crippen LogP contribution >= 0.6 is 0 Å². The number of rotatable bonds is 5. The first kappa shape index (κ1) is 19.1. The molecule has 1 aromatic heterocycles. The summed E-state index contributed by atoms with van der Waals surface area (Å²) >= 11 is 0. The van der Waals surface area contributed by atoms with Gasteiger partial charge in [0.25, 0.3) is 5.91 Å². The topological polar surface area (TPSA) is 86.0 Å². The predicted octanol–water partition coefficient (Wildman–Crippen LogP) is 1.20.